The number of nitrogen functional groups attached to an aromatic ring is 1. The predicted molar refractivity (Wildman–Crippen MR) is 282 cm³/mol. The van der Waals surface area contributed by atoms with Crippen LogP contribution < -0.4 is 50.5 Å². The van der Waals surface area contributed by atoms with Gasteiger partial charge >= 0.3 is 0 Å². The maximum atomic E-state index is 12.9. The number of benzene rings is 4. The Morgan fingerprint density at radius 2 is 1.29 bits per heavy atom. The summed E-state index contributed by atoms with van der Waals surface area (Å²) in [5, 5.41) is 7.94. The van der Waals surface area contributed by atoms with Crippen molar-refractivity contribution in [3.05, 3.63) is 101 Å². The zero-order chi connectivity index (χ0) is 47.7. The summed E-state index contributed by atoms with van der Waals surface area (Å²) in [6, 6.07) is 25.6. The largest absolute Gasteiger partial charge is 0.492 e. The van der Waals surface area contributed by atoms with E-state index in [4.69, 9.17) is 52.1 Å². The molecule has 2 saturated heterocycles. The third kappa shape index (κ3) is 15.1. The van der Waals surface area contributed by atoms with E-state index in [1.54, 1.807) is 36.4 Å². The molecule has 9 rings (SSSR count). The highest BCUT2D eigenvalue weighted by atomic mass is 79.9. The normalized spacial score (nSPS) is 14.9. The third-order valence-electron chi connectivity index (χ3n) is 10.7. The molecular weight excluding hydrogens is 1010 g/mol. The molecule has 0 spiro atoms. The fourth-order valence-corrected chi connectivity index (χ4v) is 9.53. The van der Waals surface area contributed by atoms with Gasteiger partial charge in [-0.2, -0.15) is 4.99 Å². The molecule has 0 saturated carbocycles. The second-order valence-electron chi connectivity index (χ2n) is 15.4. The lowest BCUT2D eigenvalue weighted by atomic mass is 10.1. The topological polar surface area (TPSA) is 197 Å². The van der Waals surface area contributed by atoms with Gasteiger partial charge in [-0.3, -0.25) is 19.4 Å². The highest BCUT2D eigenvalue weighted by Gasteiger charge is 2.22. The molecule has 4 aromatic carbocycles. The highest BCUT2D eigenvalue weighted by Crippen LogP contribution is 2.36. The summed E-state index contributed by atoms with van der Waals surface area (Å²) >= 11 is 10.9. The second-order valence-corrected chi connectivity index (χ2v) is 19.4. The SMILES string of the molecule is NC(=NC(=S)Nc1ccc(OCCN2CCCC2)cc1)SCP.Nc1nc(Nc2ccc(OCCN3CCCC3)cc2)sc1C(=O)c1ccc2c(c1)OCO2.O=C(CBr)c1ccc2c(c1)OCO2. The van der Waals surface area contributed by atoms with Crippen LogP contribution in [-0.2, 0) is 0 Å². The van der Waals surface area contributed by atoms with Crippen LogP contribution in [0.15, 0.2) is 89.9 Å². The average molecular weight is 1070 g/mol. The molecule has 4 aliphatic rings. The Morgan fingerprint density at radius 1 is 0.779 bits per heavy atom. The van der Waals surface area contributed by atoms with Gasteiger partial charge in [0.05, 0.1) is 5.33 Å². The van der Waals surface area contributed by atoms with Crippen molar-refractivity contribution in [3.8, 4) is 34.5 Å². The van der Waals surface area contributed by atoms with Crippen LogP contribution in [0.3, 0.4) is 0 Å². The van der Waals surface area contributed by atoms with Crippen molar-refractivity contribution in [2.24, 2.45) is 10.7 Å². The number of rotatable bonds is 16. The molecule has 5 heterocycles. The van der Waals surface area contributed by atoms with E-state index in [-0.39, 0.29) is 31.0 Å². The Hall–Kier alpha value is -5.21. The number of nitrogens with two attached hydrogens (primary N) is 2. The number of ketones is 2. The molecule has 21 heteroatoms. The summed E-state index contributed by atoms with van der Waals surface area (Å²) in [5.74, 6) is 4.25. The number of aliphatic imine (C=N–C) groups is 1. The summed E-state index contributed by atoms with van der Waals surface area (Å²) < 4.78 is 32.5. The number of carbonyl (C=O) groups is 2. The Bertz CT molecular complexity index is 2510. The number of amidine groups is 1. The van der Waals surface area contributed by atoms with E-state index < -0.39 is 0 Å². The molecule has 0 aliphatic carbocycles. The molecule has 0 bridgehead atoms. The molecule has 0 radical (unpaired) electrons. The molecule has 2 fully saturated rings. The van der Waals surface area contributed by atoms with Gasteiger partial charge < -0.3 is 50.5 Å². The van der Waals surface area contributed by atoms with E-state index in [1.165, 1.54) is 75.0 Å². The van der Waals surface area contributed by atoms with E-state index >= 15 is 0 Å². The summed E-state index contributed by atoms with van der Waals surface area (Å²) in [4.78, 5) is 37.8. The van der Waals surface area contributed by atoms with E-state index in [9.17, 15) is 9.59 Å². The first-order valence-electron chi connectivity index (χ1n) is 22.0. The fourth-order valence-electron chi connectivity index (χ4n) is 7.22. The van der Waals surface area contributed by atoms with Crippen molar-refractivity contribution >= 4 is 105 Å². The monoisotopic (exact) mass is 1060 g/mol. The van der Waals surface area contributed by atoms with Gasteiger partial charge in [0.25, 0.3) is 0 Å². The molecule has 68 heavy (non-hydrogen) atoms. The molecule has 16 nitrogen and oxygen atoms in total. The summed E-state index contributed by atoms with van der Waals surface area (Å²) in [5.41, 5.74) is 15.4. The zero-order valence-electron chi connectivity index (χ0n) is 37.3. The molecule has 1 aromatic heterocycles. The van der Waals surface area contributed by atoms with Crippen molar-refractivity contribution < 1.29 is 38.0 Å². The van der Waals surface area contributed by atoms with E-state index in [2.05, 4.69) is 55.6 Å². The minimum absolute atomic E-state index is 0.0401. The number of aromatic nitrogens is 1. The number of halogens is 1. The van der Waals surface area contributed by atoms with Gasteiger partial charge in [0, 0.05) is 41.1 Å². The van der Waals surface area contributed by atoms with Gasteiger partial charge in [-0.25, -0.2) is 4.98 Å². The highest BCUT2D eigenvalue weighted by molar-refractivity contribution is 9.09. The zero-order valence-corrected chi connectivity index (χ0v) is 42.5. The standard InChI is InChI=1S/C23H24N4O4S.C15H23N4OPS2.C9H7BrO3/c24-22-21(20(28)15-3-8-18-19(13-15)31-14-30-18)32-23(26-22)25-16-4-6-17(7-5-16)29-12-11-27-9-1-2-10-27;16-14(23-11-21)18-15(22)17-12-3-5-13(6-4-12)20-10-9-19-7-1-2-8-19;10-4-7(11)6-1-2-8-9(3-6)13-5-12-8/h3-8,13H,1-2,9-12,14,24H2,(H,25,26);3-6H,1-2,7-11,21H2,(H3,16,17,18,22);1-3H,4-5H2. The lowest BCUT2D eigenvalue weighted by Crippen LogP contribution is -2.25. The number of thiocarbonyl (C=S) groups is 1. The number of anilines is 4. The molecule has 6 N–H and O–H groups in total. The Balaban J connectivity index is 0.000000165. The Kier molecular flexibility index (Phi) is 19.3. The summed E-state index contributed by atoms with van der Waals surface area (Å²) in [7, 11) is 2.58. The van der Waals surface area contributed by atoms with Crippen LogP contribution in [0.25, 0.3) is 0 Å². The van der Waals surface area contributed by atoms with Crippen LogP contribution in [0.4, 0.5) is 22.3 Å². The van der Waals surface area contributed by atoms with Crippen LogP contribution in [0.1, 0.15) is 51.3 Å². The van der Waals surface area contributed by atoms with Gasteiger partial charge in [0.1, 0.15) is 35.4 Å². The smallest absolute Gasteiger partial charge is 0.231 e. The van der Waals surface area contributed by atoms with Crippen molar-refractivity contribution in [2.45, 2.75) is 25.7 Å². The number of ether oxygens (including phenoxy) is 6. The lowest BCUT2D eigenvalue weighted by Gasteiger charge is -2.15. The molecule has 360 valence electrons. The number of carbonyl (C=O) groups excluding carboxylic acids is 2. The first-order chi connectivity index (χ1) is 33.1. The van der Waals surface area contributed by atoms with Crippen LogP contribution in [0, 0.1) is 0 Å². The average Bonchev–Trinajstić information content (AvgIpc) is 4.22. The Morgan fingerprint density at radius 3 is 1.84 bits per heavy atom. The number of nitrogens with one attached hydrogen (secondary N) is 2. The first kappa shape index (κ1) is 50.7. The second kappa shape index (κ2) is 26.0. The maximum Gasteiger partial charge on any atom is 0.231 e. The minimum Gasteiger partial charge on any atom is -0.492 e. The van der Waals surface area contributed by atoms with Crippen molar-refractivity contribution in [3.63, 3.8) is 0 Å². The number of Topliss-reactive ketones (excluding diaryl/α,β-unsaturated/α-hetero) is 1. The number of hydrogen-bond acceptors (Lipinski definition) is 16. The van der Waals surface area contributed by atoms with Crippen molar-refractivity contribution in [2.75, 3.05) is 93.3 Å². The van der Waals surface area contributed by atoms with Crippen LogP contribution in [-0.4, -0.2) is 114 Å². The fraction of sp³-hybridized carbons (Fsp3) is 0.340. The van der Waals surface area contributed by atoms with Gasteiger partial charge in [-0.15, -0.1) is 9.24 Å². The maximum absolute atomic E-state index is 12.9. The molecule has 0 amide bonds. The van der Waals surface area contributed by atoms with Crippen LogP contribution in [0.2, 0.25) is 0 Å². The molecule has 1 atom stereocenters. The quantitative estimate of drug-likeness (QED) is 0.0183. The predicted octanol–water partition coefficient (Wildman–Crippen LogP) is 8.63. The van der Waals surface area contributed by atoms with Gasteiger partial charge in [0.2, 0.25) is 19.4 Å². The number of thiazole rings is 1. The molecule has 4 aliphatic heterocycles. The van der Waals surface area contributed by atoms with Crippen molar-refractivity contribution in [1.82, 2.24) is 14.8 Å². The molecule has 5 aromatic rings. The number of likely N-dealkylation sites (tertiary alicyclic amines) is 2. The van der Waals surface area contributed by atoms with Gasteiger partial charge in [-0.05, 0) is 149 Å². The number of nitrogens with zero attached hydrogens (tertiary/aromatic N) is 4. The first-order valence-corrected chi connectivity index (χ1v) is 26.1. The van der Waals surface area contributed by atoms with E-state index in [1.807, 2.05) is 48.5 Å². The van der Waals surface area contributed by atoms with Crippen LogP contribution >= 0.6 is 60.5 Å². The number of fused-ring (bicyclic) bond motifs is 2. The third-order valence-corrected chi connectivity index (χ3v) is 13.5. The number of thioether (sulfide) groups is 1. The number of hydrogen-bond donors (Lipinski definition) is 4. The molecular formula is C47H54BrN8O8PS3. The molecule has 1 unspecified atom stereocenters. The number of alkyl halides is 1. The van der Waals surface area contributed by atoms with Crippen LogP contribution in [0.5, 0.6) is 34.5 Å². The van der Waals surface area contributed by atoms with Gasteiger partial charge in [-0.1, -0.05) is 39.0 Å². The lowest BCUT2D eigenvalue weighted by molar-refractivity contribution is 0.102. The summed E-state index contributed by atoms with van der Waals surface area (Å²) in [6.45, 7) is 8.48. The Labute approximate surface area is 420 Å². The van der Waals surface area contributed by atoms with Gasteiger partial charge in [0.15, 0.2) is 44.2 Å². The van der Waals surface area contributed by atoms with E-state index in [0.29, 0.717) is 66.4 Å². The minimum atomic E-state index is -0.201. The summed E-state index contributed by atoms with van der Waals surface area (Å²) in [6.07, 6.45) is 5.18. The van der Waals surface area contributed by atoms with E-state index in [0.717, 1.165) is 48.1 Å². The van der Waals surface area contributed by atoms with Crippen molar-refractivity contribution in [1.29, 1.82) is 0 Å².